The smallest absolute Gasteiger partial charge is 0.164 e. The molecule has 1 N–H and O–H groups in total. The maximum Gasteiger partial charge on any atom is 0.164 e. The molecule has 1 aromatic heterocycles. The number of hydrogen-bond acceptors (Lipinski definition) is 4. The quantitative estimate of drug-likeness (QED) is 0.606. The lowest BCUT2D eigenvalue weighted by molar-refractivity contribution is 0.626. The third-order valence-corrected chi connectivity index (χ3v) is 1.24. The van der Waals surface area contributed by atoms with E-state index >= 15 is 0 Å². The largest absolute Gasteiger partial charge is 0.310 e. The second kappa shape index (κ2) is 3.26. The van der Waals surface area contributed by atoms with Crippen LogP contribution in [0.5, 0.6) is 0 Å². The molecule has 0 spiro atoms. The van der Waals surface area contributed by atoms with Gasteiger partial charge in [-0.1, -0.05) is 6.92 Å². The lowest BCUT2D eigenvalue weighted by Crippen LogP contribution is -2.15. The van der Waals surface area contributed by atoms with E-state index in [1.807, 2.05) is 14.0 Å². The normalized spacial score (nSPS) is 10.2. The van der Waals surface area contributed by atoms with Crippen LogP contribution in [0.1, 0.15) is 12.7 Å². The van der Waals surface area contributed by atoms with Crippen molar-refractivity contribution >= 4 is 0 Å². The fraction of sp³-hybridized carbons (Fsp3) is 0.800. The molecule has 0 fully saturated rings. The predicted octanol–water partition coefficient (Wildman–Crippen LogP) is -0.680. The summed E-state index contributed by atoms with van der Waals surface area (Å²) in [4.78, 5) is 0. The molecule has 0 bridgehead atoms. The minimum atomic E-state index is 0.736. The first kappa shape index (κ1) is 7.14. The summed E-state index contributed by atoms with van der Waals surface area (Å²) in [6, 6.07) is 0. The molecule has 0 amide bonds. The SMILES string of the molecule is CCNCc1nnnn1C. The van der Waals surface area contributed by atoms with Gasteiger partial charge in [0, 0.05) is 7.05 Å². The standard InChI is InChI=1S/C5H11N5/c1-3-6-4-5-7-8-9-10(5)2/h6H,3-4H2,1-2H3. The van der Waals surface area contributed by atoms with E-state index in [2.05, 4.69) is 20.8 Å². The number of nitrogens with zero attached hydrogens (tertiary/aromatic N) is 4. The van der Waals surface area contributed by atoms with E-state index in [1.165, 1.54) is 0 Å². The number of rotatable bonds is 3. The van der Waals surface area contributed by atoms with Crippen LogP contribution in [0.3, 0.4) is 0 Å². The summed E-state index contributed by atoms with van der Waals surface area (Å²) in [6.07, 6.45) is 0. The Balaban J connectivity index is 2.49. The molecule has 0 saturated carbocycles. The molecule has 0 saturated heterocycles. The molecule has 0 radical (unpaired) electrons. The van der Waals surface area contributed by atoms with E-state index in [9.17, 15) is 0 Å². The Kier molecular flexibility index (Phi) is 2.33. The average molecular weight is 141 g/mol. The fourth-order valence-electron chi connectivity index (χ4n) is 0.635. The van der Waals surface area contributed by atoms with E-state index in [0.29, 0.717) is 0 Å². The van der Waals surface area contributed by atoms with Gasteiger partial charge in [-0.2, -0.15) is 0 Å². The minimum absolute atomic E-state index is 0.736. The van der Waals surface area contributed by atoms with E-state index in [1.54, 1.807) is 4.68 Å². The Morgan fingerprint density at radius 3 is 2.90 bits per heavy atom. The Hall–Kier alpha value is -0.970. The summed E-state index contributed by atoms with van der Waals surface area (Å²) in [5.74, 6) is 0.863. The van der Waals surface area contributed by atoms with Gasteiger partial charge >= 0.3 is 0 Å². The average Bonchev–Trinajstić information content (AvgIpc) is 2.31. The highest BCUT2D eigenvalue weighted by Gasteiger charge is 1.97. The van der Waals surface area contributed by atoms with Gasteiger partial charge < -0.3 is 5.32 Å². The predicted molar refractivity (Wildman–Crippen MR) is 36.2 cm³/mol. The first-order valence-electron chi connectivity index (χ1n) is 3.26. The molecule has 5 heteroatoms. The first-order valence-corrected chi connectivity index (χ1v) is 3.26. The zero-order valence-electron chi connectivity index (χ0n) is 6.20. The summed E-state index contributed by atoms with van der Waals surface area (Å²) in [6.45, 7) is 3.72. The summed E-state index contributed by atoms with van der Waals surface area (Å²) in [5.41, 5.74) is 0. The third-order valence-electron chi connectivity index (χ3n) is 1.24. The fourth-order valence-corrected chi connectivity index (χ4v) is 0.635. The van der Waals surface area contributed by atoms with Crippen molar-refractivity contribution < 1.29 is 0 Å². The van der Waals surface area contributed by atoms with Crippen molar-refractivity contribution in [2.75, 3.05) is 6.54 Å². The van der Waals surface area contributed by atoms with Crippen LogP contribution in [-0.4, -0.2) is 26.8 Å². The van der Waals surface area contributed by atoms with Gasteiger partial charge in [0.15, 0.2) is 5.82 Å². The van der Waals surface area contributed by atoms with Crippen LogP contribution in [0, 0.1) is 0 Å². The number of nitrogens with one attached hydrogen (secondary N) is 1. The molecule has 0 aromatic carbocycles. The highest BCUT2D eigenvalue weighted by molar-refractivity contribution is 4.77. The summed E-state index contributed by atoms with van der Waals surface area (Å²) >= 11 is 0. The molecule has 0 unspecified atom stereocenters. The van der Waals surface area contributed by atoms with Crippen molar-refractivity contribution in [1.82, 2.24) is 25.5 Å². The van der Waals surface area contributed by atoms with Gasteiger partial charge in [0.1, 0.15) is 0 Å². The van der Waals surface area contributed by atoms with Crippen LogP contribution >= 0.6 is 0 Å². The van der Waals surface area contributed by atoms with Crippen LogP contribution < -0.4 is 5.32 Å². The molecule has 1 aromatic rings. The van der Waals surface area contributed by atoms with E-state index in [-0.39, 0.29) is 0 Å². The Morgan fingerprint density at radius 1 is 1.60 bits per heavy atom. The Bertz CT molecular complexity index is 194. The first-order chi connectivity index (χ1) is 4.84. The van der Waals surface area contributed by atoms with Gasteiger partial charge in [0.25, 0.3) is 0 Å². The van der Waals surface area contributed by atoms with Crippen molar-refractivity contribution in [3.8, 4) is 0 Å². The lowest BCUT2D eigenvalue weighted by Gasteiger charge is -1.97. The van der Waals surface area contributed by atoms with Gasteiger partial charge in [-0.3, -0.25) is 0 Å². The second-order valence-corrected chi connectivity index (χ2v) is 2.00. The van der Waals surface area contributed by atoms with Crippen molar-refractivity contribution in [3.63, 3.8) is 0 Å². The van der Waals surface area contributed by atoms with Crippen molar-refractivity contribution in [2.24, 2.45) is 7.05 Å². The highest BCUT2D eigenvalue weighted by atomic mass is 15.5. The van der Waals surface area contributed by atoms with Crippen LogP contribution in [0.15, 0.2) is 0 Å². The maximum absolute atomic E-state index is 3.79. The number of aryl methyl sites for hydroxylation is 1. The summed E-state index contributed by atoms with van der Waals surface area (Å²) in [5, 5.41) is 14.1. The van der Waals surface area contributed by atoms with Gasteiger partial charge in [-0.15, -0.1) is 5.10 Å². The van der Waals surface area contributed by atoms with Gasteiger partial charge in [-0.25, -0.2) is 4.68 Å². The van der Waals surface area contributed by atoms with E-state index < -0.39 is 0 Å². The molecule has 1 heterocycles. The van der Waals surface area contributed by atoms with Crippen molar-refractivity contribution in [2.45, 2.75) is 13.5 Å². The van der Waals surface area contributed by atoms with Crippen LogP contribution in [0.2, 0.25) is 0 Å². The van der Waals surface area contributed by atoms with Crippen LogP contribution in [0.4, 0.5) is 0 Å². The Labute approximate surface area is 59.4 Å². The molecule has 5 nitrogen and oxygen atoms in total. The van der Waals surface area contributed by atoms with Gasteiger partial charge in [0.2, 0.25) is 0 Å². The zero-order valence-corrected chi connectivity index (χ0v) is 6.20. The van der Waals surface area contributed by atoms with E-state index in [0.717, 1.165) is 18.9 Å². The monoisotopic (exact) mass is 141 g/mol. The number of aromatic nitrogens is 4. The molecule has 0 aliphatic heterocycles. The molecular formula is C5H11N5. The van der Waals surface area contributed by atoms with Crippen LogP contribution in [-0.2, 0) is 13.6 Å². The molecule has 0 atom stereocenters. The second-order valence-electron chi connectivity index (χ2n) is 2.00. The molecule has 56 valence electrons. The minimum Gasteiger partial charge on any atom is -0.310 e. The molecule has 10 heavy (non-hydrogen) atoms. The summed E-state index contributed by atoms with van der Waals surface area (Å²) < 4.78 is 1.66. The third kappa shape index (κ3) is 1.51. The lowest BCUT2D eigenvalue weighted by atomic mass is 10.6. The maximum atomic E-state index is 3.79. The molecular weight excluding hydrogens is 130 g/mol. The van der Waals surface area contributed by atoms with Gasteiger partial charge in [-0.05, 0) is 17.0 Å². The Morgan fingerprint density at radius 2 is 2.40 bits per heavy atom. The zero-order chi connectivity index (χ0) is 7.40. The number of tetrazole rings is 1. The molecule has 0 aliphatic carbocycles. The topological polar surface area (TPSA) is 55.6 Å². The van der Waals surface area contributed by atoms with Crippen molar-refractivity contribution in [1.29, 1.82) is 0 Å². The summed E-state index contributed by atoms with van der Waals surface area (Å²) in [7, 11) is 1.83. The van der Waals surface area contributed by atoms with Gasteiger partial charge in [0.05, 0.1) is 6.54 Å². The molecule has 0 aliphatic rings. The highest BCUT2D eigenvalue weighted by Crippen LogP contribution is 1.85. The van der Waals surface area contributed by atoms with E-state index in [4.69, 9.17) is 0 Å². The number of hydrogen-bond donors (Lipinski definition) is 1. The van der Waals surface area contributed by atoms with Crippen LogP contribution in [0.25, 0.3) is 0 Å². The van der Waals surface area contributed by atoms with Crippen molar-refractivity contribution in [3.05, 3.63) is 5.82 Å². The molecule has 1 rings (SSSR count).